The molecule has 70 valence electrons. The van der Waals surface area contributed by atoms with Gasteiger partial charge in [0.05, 0.1) is 5.02 Å². The van der Waals surface area contributed by atoms with Crippen molar-refractivity contribution < 1.29 is 5.11 Å². The third-order valence-electron chi connectivity index (χ3n) is 2.41. The number of rotatable bonds is 0. The standard InChI is InChI=1S/C10H12ClNO/c11-9-5-7-1-3-12-4-2-8(7)6-10(9)13/h5-6,12-13H,1-4H2. The van der Waals surface area contributed by atoms with Crippen LogP contribution in [-0.4, -0.2) is 18.2 Å². The molecule has 1 aromatic carbocycles. The van der Waals surface area contributed by atoms with Gasteiger partial charge in [0.2, 0.25) is 0 Å². The highest BCUT2D eigenvalue weighted by Crippen LogP contribution is 2.28. The predicted octanol–water partition coefficient (Wildman–Crippen LogP) is 1.73. The monoisotopic (exact) mass is 197 g/mol. The van der Waals surface area contributed by atoms with Crippen LogP contribution in [0.1, 0.15) is 11.1 Å². The maximum atomic E-state index is 9.41. The lowest BCUT2D eigenvalue weighted by Gasteiger charge is -2.06. The number of halogens is 1. The first-order valence-electron chi connectivity index (χ1n) is 4.48. The summed E-state index contributed by atoms with van der Waals surface area (Å²) in [6.07, 6.45) is 1.97. The average molecular weight is 198 g/mol. The first kappa shape index (κ1) is 8.85. The zero-order chi connectivity index (χ0) is 9.26. The number of phenols is 1. The van der Waals surface area contributed by atoms with Crippen LogP contribution in [-0.2, 0) is 12.8 Å². The number of benzene rings is 1. The van der Waals surface area contributed by atoms with Crippen LogP contribution in [0.15, 0.2) is 12.1 Å². The van der Waals surface area contributed by atoms with Crippen molar-refractivity contribution in [2.45, 2.75) is 12.8 Å². The molecule has 0 radical (unpaired) electrons. The van der Waals surface area contributed by atoms with E-state index in [-0.39, 0.29) is 5.75 Å². The third kappa shape index (κ3) is 1.79. The predicted molar refractivity (Wildman–Crippen MR) is 53.4 cm³/mol. The van der Waals surface area contributed by atoms with Gasteiger partial charge in [0, 0.05) is 0 Å². The molecule has 13 heavy (non-hydrogen) atoms. The lowest BCUT2D eigenvalue weighted by atomic mass is 10.0. The zero-order valence-electron chi connectivity index (χ0n) is 7.31. The number of aromatic hydroxyl groups is 1. The molecule has 0 fully saturated rings. The second kappa shape index (κ2) is 3.56. The van der Waals surface area contributed by atoms with E-state index in [2.05, 4.69) is 5.32 Å². The van der Waals surface area contributed by atoms with Gasteiger partial charge in [-0.15, -0.1) is 0 Å². The molecule has 2 rings (SSSR count). The van der Waals surface area contributed by atoms with Crippen molar-refractivity contribution in [2.75, 3.05) is 13.1 Å². The maximum Gasteiger partial charge on any atom is 0.134 e. The van der Waals surface area contributed by atoms with E-state index in [1.807, 2.05) is 6.07 Å². The van der Waals surface area contributed by atoms with E-state index in [9.17, 15) is 5.11 Å². The van der Waals surface area contributed by atoms with Crippen LogP contribution >= 0.6 is 11.6 Å². The van der Waals surface area contributed by atoms with E-state index in [1.165, 1.54) is 11.1 Å². The molecule has 0 spiro atoms. The Morgan fingerprint density at radius 1 is 1.15 bits per heavy atom. The largest absolute Gasteiger partial charge is 0.506 e. The summed E-state index contributed by atoms with van der Waals surface area (Å²) in [5.74, 6) is 0.197. The molecule has 0 bridgehead atoms. The number of hydrogen-bond acceptors (Lipinski definition) is 2. The second-order valence-corrected chi connectivity index (χ2v) is 3.73. The highest BCUT2D eigenvalue weighted by Gasteiger charge is 2.10. The van der Waals surface area contributed by atoms with Crippen molar-refractivity contribution >= 4 is 11.6 Å². The van der Waals surface area contributed by atoms with Gasteiger partial charge >= 0.3 is 0 Å². The number of hydrogen-bond donors (Lipinski definition) is 2. The highest BCUT2D eigenvalue weighted by atomic mass is 35.5. The van der Waals surface area contributed by atoms with E-state index >= 15 is 0 Å². The molecule has 0 atom stereocenters. The molecule has 1 aliphatic rings. The van der Waals surface area contributed by atoms with Gasteiger partial charge in [-0.1, -0.05) is 11.6 Å². The van der Waals surface area contributed by atoms with Crippen molar-refractivity contribution in [3.8, 4) is 5.75 Å². The topological polar surface area (TPSA) is 32.3 Å². The zero-order valence-corrected chi connectivity index (χ0v) is 8.06. The van der Waals surface area contributed by atoms with E-state index in [0.717, 1.165) is 25.9 Å². The summed E-state index contributed by atoms with van der Waals surface area (Å²) in [7, 11) is 0. The van der Waals surface area contributed by atoms with E-state index < -0.39 is 0 Å². The van der Waals surface area contributed by atoms with Crippen molar-refractivity contribution in [3.05, 3.63) is 28.3 Å². The fourth-order valence-corrected chi connectivity index (χ4v) is 1.87. The van der Waals surface area contributed by atoms with Crippen LogP contribution in [0.4, 0.5) is 0 Å². The van der Waals surface area contributed by atoms with Crippen LogP contribution in [0.5, 0.6) is 5.75 Å². The molecular formula is C10H12ClNO. The second-order valence-electron chi connectivity index (χ2n) is 3.32. The summed E-state index contributed by atoms with van der Waals surface area (Å²) in [6, 6.07) is 3.66. The van der Waals surface area contributed by atoms with Crippen LogP contribution in [0.3, 0.4) is 0 Å². The Bertz CT molecular complexity index is 294. The van der Waals surface area contributed by atoms with Crippen molar-refractivity contribution in [1.82, 2.24) is 5.32 Å². The molecule has 0 saturated heterocycles. The Balaban J connectivity index is 2.43. The van der Waals surface area contributed by atoms with Gasteiger partial charge in [0.1, 0.15) is 5.75 Å². The molecule has 2 N–H and O–H groups in total. The van der Waals surface area contributed by atoms with Crippen LogP contribution in [0, 0.1) is 0 Å². The minimum Gasteiger partial charge on any atom is -0.506 e. The summed E-state index contributed by atoms with van der Waals surface area (Å²) in [4.78, 5) is 0. The van der Waals surface area contributed by atoms with Gasteiger partial charge in [-0.3, -0.25) is 0 Å². The normalized spacial score (nSPS) is 16.4. The van der Waals surface area contributed by atoms with Gasteiger partial charge in [-0.25, -0.2) is 0 Å². The molecule has 1 heterocycles. The van der Waals surface area contributed by atoms with Crippen LogP contribution < -0.4 is 5.32 Å². The summed E-state index contributed by atoms with van der Waals surface area (Å²) < 4.78 is 0. The minimum atomic E-state index is 0.197. The van der Waals surface area contributed by atoms with Crippen molar-refractivity contribution in [2.24, 2.45) is 0 Å². The molecule has 0 aliphatic carbocycles. The van der Waals surface area contributed by atoms with E-state index in [1.54, 1.807) is 6.07 Å². The first-order chi connectivity index (χ1) is 6.27. The quantitative estimate of drug-likeness (QED) is 0.664. The average Bonchev–Trinajstić information content (AvgIpc) is 2.31. The van der Waals surface area contributed by atoms with E-state index in [0.29, 0.717) is 5.02 Å². The molecule has 0 saturated carbocycles. The van der Waals surface area contributed by atoms with Gasteiger partial charge < -0.3 is 10.4 Å². The Labute approximate surface area is 82.5 Å². The first-order valence-corrected chi connectivity index (χ1v) is 4.86. The lowest BCUT2D eigenvalue weighted by molar-refractivity contribution is 0.474. The summed E-state index contributed by atoms with van der Waals surface area (Å²) in [5, 5.41) is 13.2. The van der Waals surface area contributed by atoms with Gasteiger partial charge in [0.25, 0.3) is 0 Å². The van der Waals surface area contributed by atoms with Gasteiger partial charge in [-0.05, 0) is 49.2 Å². The molecule has 1 aliphatic heterocycles. The fourth-order valence-electron chi connectivity index (χ4n) is 1.68. The fraction of sp³-hybridized carbons (Fsp3) is 0.400. The number of nitrogens with one attached hydrogen (secondary N) is 1. The lowest BCUT2D eigenvalue weighted by Crippen LogP contribution is -2.16. The minimum absolute atomic E-state index is 0.197. The summed E-state index contributed by atoms with van der Waals surface area (Å²) in [6.45, 7) is 1.97. The number of fused-ring (bicyclic) bond motifs is 1. The molecule has 1 aromatic rings. The Morgan fingerprint density at radius 2 is 1.77 bits per heavy atom. The number of phenolic OH excluding ortho intramolecular Hbond substituents is 1. The highest BCUT2D eigenvalue weighted by molar-refractivity contribution is 6.32. The van der Waals surface area contributed by atoms with Gasteiger partial charge in [-0.2, -0.15) is 0 Å². The van der Waals surface area contributed by atoms with Crippen molar-refractivity contribution in [1.29, 1.82) is 0 Å². The molecule has 0 aromatic heterocycles. The molecule has 0 amide bonds. The Hall–Kier alpha value is -0.730. The SMILES string of the molecule is Oc1cc2c(cc1Cl)CCNCC2. The summed E-state index contributed by atoms with van der Waals surface area (Å²) >= 11 is 5.83. The third-order valence-corrected chi connectivity index (χ3v) is 2.71. The molecule has 0 unspecified atom stereocenters. The summed E-state index contributed by atoms with van der Waals surface area (Å²) in [5.41, 5.74) is 2.47. The Morgan fingerprint density at radius 3 is 2.46 bits per heavy atom. The molecule has 3 heteroatoms. The van der Waals surface area contributed by atoms with E-state index in [4.69, 9.17) is 11.6 Å². The maximum absolute atomic E-state index is 9.41. The molecule has 2 nitrogen and oxygen atoms in total. The smallest absolute Gasteiger partial charge is 0.134 e. The van der Waals surface area contributed by atoms with Gasteiger partial charge in [0.15, 0.2) is 0 Å². The van der Waals surface area contributed by atoms with Crippen molar-refractivity contribution in [3.63, 3.8) is 0 Å². The van der Waals surface area contributed by atoms with Crippen LogP contribution in [0.25, 0.3) is 0 Å². The van der Waals surface area contributed by atoms with Crippen LogP contribution in [0.2, 0.25) is 5.02 Å². The molecular weight excluding hydrogens is 186 g/mol. The Kier molecular flexibility index (Phi) is 2.42.